The molecule has 27 heavy (non-hydrogen) atoms. The smallest absolute Gasteiger partial charge is 0.225 e. The minimum Gasteiger partial charge on any atom is -0.497 e. The minimum absolute atomic E-state index is 0.143. The second-order valence-corrected chi connectivity index (χ2v) is 8.18. The molecule has 0 saturated carbocycles. The van der Waals surface area contributed by atoms with E-state index in [0.717, 1.165) is 42.5 Å². The van der Waals surface area contributed by atoms with Gasteiger partial charge >= 0.3 is 0 Å². The van der Waals surface area contributed by atoms with Crippen molar-refractivity contribution in [3.8, 4) is 5.75 Å². The van der Waals surface area contributed by atoms with Crippen molar-refractivity contribution >= 4 is 11.7 Å². The molecule has 0 spiro atoms. The molecule has 0 N–H and O–H groups in total. The van der Waals surface area contributed by atoms with E-state index in [0.29, 0.717) is 23.8 Å². The van der Waals surface area contributed by atoms with Crippen molar-refractivity contribution < 1.29 is 9.53 Å². The van der Waals surface area contributed by atoms with Crippen LogP contribution < -0.4 is 9.64 Å². The van der Waals surface area contributed by atoms with Crippen LogP contribution in [0.2, 0.25) is 0 Å². The van der Waals surface area contributed by atoms with E-state index in [-0.39, 0.29) is 11.7 Å². The van der Waals surface area contributed by atoms with E-state index in [1.54, 1.807) is 13.3 Å². The van der Waals surface area contributed by atoms with Gasteiger partial charge in [0, 0.05) is 25.7 Å². The third kappa shape index (κ3) is 3.68. The van der Waals surface area contributed by atoms with E-state index >= 15 is 0 Å². The summed E-state index contributed by atoms with van der Waals surface area (Å²) in [6.07, 6.45) is 4.29. The molecule has 1 aliphatic carbocycles. The topological polar surface area (TPSA) is 55.3 Å². The molecule has 0 unspecified atom stereocenters. The SMILES string of the molecule is COc1ccc([C@@H]2CC(=O)c3cnc(N4C[C@H](C)C[C@H](C)C4)nc3C2)cc1. The van der Waals surface area contributed by atoms with Crippen LogP contribution in [0, 0.1) is 11.8 Å². The van der Waals surface area contributed by atoms with Crippen LogP contribution in [0.3, 0.4) is 0 Å². The number of fused-ring (bicyclic) bond motifs is 1. The Bertz CT molecular complexity index is 824. The number of anilines is 1. The summed E-state index contributed by atoms with van der Waals surface area (Å²) in [5.41, 5.74) is 2.75. The standard InChI is InChI=1S/C22H27N3O2/c1-14-8-15(2)13-25(12-14)22-23-11-19-20(24-22)9-17(10-21(19)26)16-4-6-18(27-3)7-5-16/h4-7,11,14-15,17H,8-10,12-13H2,1-3H3/t14-,15+,17-/m0/s1. The Hall–Kier alpha value is -2.43. The number of piperidine rings is 1. The molecule has 1 aromatic carbocycles. The van der Waals surface area contributed by atoms with Gasteiger partial charge < -0.3 is 9.64 Å². The maximum atomic E-state index is 12.7. The van der Waals surface area contributed by atoms with Crippen LogP contribution in [-0.2, 0) is 6.42 Å². The number of nitrogens with zero attached hydrogens (tertiary/aromatic N) is 3. The maximum Gasteiger partial charge on any atom is 0.225 e. The monoisotopic (exact) mass is 365 g/mol. The zero-order valence-electron chi connectivity index (χ0n) is 16.3. The summed E-state index contributed by atoms with van der Waals surface area (Å²) in [6.45, 7) is 6.53. The number of methoxy groups -OCH3 is 1. The van der Waals surface area contributed by atoms with Crippen LogP contribution >= 0.6 is 0 Å². The lowest BCUT2D eigenvalue weighted by molar-refractivity contribution is 0.0962. The highest BCUT2D eigenvalue weighted by atomic mass is 16.5. The van der Waals surface area contributed by atoms with Crippen molar-refractivity contribution in [3.63, 3.8) is 0 Å². The minimum atomic E-state index is 0.143. The van der Waals surface area contributed by atoms with Gasteiger partial charge in [-0.05, 0) is 48.3 Å². The lowest BCUT2D eigenvalue weighted by Gasteiger charge is -2.35. The Morgan fingerprint density at radius 2 is 1.78 bits per heavy atom. The lowest BCUT2D eigenvalue weighted by Crippen LogP contribution is -2.40. The number of hydrogen-bond donors (Lipinski definition) is 0. The molecule has 2 heterocycles. The third-order valence-electron chi connectivity index (χ3n) is 5.77. The van der Waals surface area contributed by atoms with E-state index < -0.39 is 0 Å². The van der Waals surface area contributed by atoms with Gasteiger partial charge in [0.05, 0.1) is 18.4 Å². The molecule has 0 radical (unpaired) electrons. The van der Waals surface area contributed by atoms with Crippen molar-refractivity contribution in [3.05, 3.63) is 47.3 Å². The number of Topliss-reactive ketones (excluding diaryl/α,β-unsaturated/α-hetero) is 1. The predicted octanol–water partition coefficient (Wildman–Crippen LogP) is 3.88. The highest BCUT2D eigenvalue weighted by Crippen LogP contribution is 2.33. The second-order valence-electron chi connectivity index (χ2n) is 8.18. The number of ketones is 1. The Morgan fingerprint density at radius 3 is 2.44 bits per heavy atom. The molecule has 142 valence electrons. The Balaban J connectivity index is 1.59. The van der Waals surface area contributed by atoms with E-state index in [1.165, 1.54) is 6.42 Å². The molecule has 1 aliphatic heterocycles. The first-order valence-electron chi connectivity index (χ1n) is 9.81. The summed E-state index contributed by atoms with van der Waals surface area (Å²) in [5, 5.41) is 0. The first kappa shape index (κ1) is 18.0. The molecular formula is C22H27N3O2. The quantitative estimate of drug-likeness (QED) is 0.826. The fourth-order valence-electron chi connectivity index (χ4n) is 4.52. The number of carbonyl (C=O) groups excluding carboxylic acids is 1. The molecule has 1 fully saturated rings. The molecule has 5 nitrogen and oxygen atoms in total. The molecule has 2 aromatic rings. The molecule has 0 bridgehead atoms. The van der Waals surface area contributed by atoms with Crippen LogP contribution in [0.15, 0.2) is 30.5 Å². The maximum absolute atomic E-state index is 12.7. The molecule has 5 heteroatoms. The van der Waals surface area contributed by atoms with Gasteiger partial charge in [0.15, 0.2) is 5.78 Å². The summed E-state index contributed by atoms with van der Waals surface area (Å²) in [4.78, 5) is 24.3. The fourth-order valence-corrected chi connectivity index (χ4v) is 4.52. The fraction of sp³-hybridized carbons (Fsp3) is 0.500. The number of hydrogen-bond acceptors (Lipinski definition) is 5. The van der Waals surface area contributed by atoms with Gasteiger partial charge in [-0.2, -0.15) is 0 Å². The predicted molar refractivity (Wildman–Crippen MR) is 106 cm³/mol. The van der Waals surface area contributed by atoms with Gasteiger partial charge in [-0.15, -0.1) is 0 Å². The second kappa shape index (κ2) is 7.29. The van der Waals surface area contributed by atoms with Crippen LogP contribution in [0.1, 0.15) is 54.2 Å². The highest BCUT2D eigenvalue weighted by molar-refractivity contribution is 5.98. The van der Waals surface area contributed by atoms with Gasteiger partial charge in [-0.25, -0.2) is 9.97 Å². The number of rotatable bonds is 3. The van der Waals surface area contributed by atoms with Crippen molar-refractivity contribution in [1.29, 1.82) is 0 Å². The van der Waals surface area contributed by atoms with Gasteiger partial charge in [0.2, 0.25) is 5.95 Å². The highest BCUT2D eigenvalue weighted by Gasteiger charge is 2.30. The first-order chi connectivity index (χ1) is 13.0. The van der Waals surface area contributed by atoms with Crippen molar-refractivity contribution in [2.75, 3.05) is 25.1 Å². The zero-order valence-corrected chi connectivity index (χ0v) is 16.3. The Labute approximate surface area is 160 Å². The number of ether oxygens (including phenoxy) is 1. The number of carbonyl (C=O) groups is 1. The first-order valence-corrected chi connectivity index (χ1v) is 9.81. The van der Waals surface area contributed by atoms with Crippen molar-refractivity contribution in [2.24, 2.45) is 11.8 Å². The summed E-state index contributed by atoms with van der Waals surface area (Å²) in [7, 11) is 1.66. The van der Waals surface area contributed by atoms with Crippen LogP contribution in [-0.4, -0.2) is 36.0 Å². The summed E-state index contributed by atoms with van der Waals surface area (Å²) >= 11 is 0. The van der Waals surface area contributed by atoms with Gasteiger partial charge in [-0.3, -0.25) is 4.79 Å². The Kier molecular flexibility index (Phi) is 4.85. The molecule has 2 aliphatic rings. The summed E-state index contributed by atoms with van der Waals surface area (Å²) in [5.74, 6) is 3.19. The summed E-state index contributed by atoms with van der Waals surface area (Å²) < 4.78 is 5.24. The molecular weight excluding hydrogens is 338 g/mol. The molecule has 1 aromatic heterocycles. The summed E-state index contributed by atoms with van der Waals surface area (Å²) in [6, 6.07) is 8.02. The van der Waals surface area contributed by atoms with E-state index in [2.05, 4.69) is 35.9 Å². The number of benzene rings is 1. The van der Waals surface area contributed by atoms with Crippen molar-refractivity contribution in [1.82, 2.24) is 9.97 Å². The van der Waals surface area contributed by atoms with E-state index in [9.17, 15) is 4.79 Å². The molecule has 3 atom stereocenters. The van der Waals surface area contributed by atoms with Crippen LogP contribution in [0.25, 0.3) is 0 Å². The Morgan fingerprint density at radius 1 is 1.07 bits per heavy atom. The average Bonchev–Trinajstić information content (AvgIpc) is 2.67. The van der Waals surface area contributed by atoms with Gasteiger partial charge in [0.1, 0.15) is 5.75 Å². The lowest BCUT2D eigenvalue weighted by atomic mass is 9.82. The average molecular weight is 365 g/mol. The van der Waals surface area contributed by atoms with Crippen molar-refractivity contribution in [2.45, 2.75) is 39.0 Å². The van der Waals surface area contributed by atoms with Gasteiger partial charge in [0.25, 0.3) is 0 Å². The molecule has 4 rings (SSSR count). The van der Waals surface area contributed by atoms with Crippen LogP contribution in [0.5, 0.6) is 5.75 Å². The zero-order chi connectivity index (χ0) is 19.0. The van der Waals surface area contributed by atoms with E-state index in [1.807, 2.05) is 12.1 Å². The molecule has 1 saturated heterocycles. The van der Waals surface area contributed by atoms with E-state index in [4.69, 9.17) is 9.72 Å². The van der Waals surface area contributed by atoms with Gasteiger partial charge in [-0.1, -0.05) is 26.0 Å². The third-order valence-corrected chi connectivity index (χ3v) is 5.77. The normalized spacial score (nSPS) is 25.2. The van der Waals surface area contributed by atoms with Crippen LogP contribution in [0.4, 0.5) is 5.95 Å². The molecule has 0 amide bonds. The number of aromatic nitrogens is 2. The largest absolute Gasteiger partial charge is 0.497 e.